The van der Waals surface area contributed by atoms with E-state index in [1.54, 1.807) is 32.4 Å². The molecular weight excluding hydrogens is 733 g/mol. The van der Waals surface area contributed by atoms with Gasteiger partial charge in [0.2, 0.25) is 11.4 Å². The Hall–Kier alpha value is -5.13. The van der Waals surface area contributed by atoms with E-state index in [0.29, 0.717) is 53.1 Å². The van der Waals surface area contributed by atoms with Crippen molar-refractivity contribution in [3.63, 3.8) is 0 Å². The lowest BCUT2D eigenvalue weighted by molar-refractivity contribution is 0.0740. The van der Waals surface area contributed by atoms with Crippen molar-refractivity contribution in [2.24, 2.45) is 0 Å². The number of ether oxygens (including phenoxy) is 2. The van der Waals surface area contributed by atoms with E-state index in [1.165, 1.54) is 13.3 Å². The molecule has 0 saturated heterocycles. The Morgan fingerprint density at radius 2 is 1.73 bits per heavy atom. The minimum absolute atomic E-state index is 0.00885. The largest absolute Gasteiger partial charge is 0.493 e. The first-order valence-corrected chi connectivity index (χ1v) is 20.7. The molecule has 0 bridgehead atoms. The van der Waals surface area contributed by atoms with Crippen molar-refractivity contribution in [2.45, 2.75) is 109 Å². The standard InChI is InChI=1S/C42H54N6O7S/c1-8-33(18-19-47(26(2)3)27(4)5)56(51,52)55-41(50)35-25-48(32-12-10-9-11-13-32)36-22-28(15-17-34(36)38(35)49)14-16-30-20-29(23-37(53-6)39(30)54-7)21-31-24-45-42(44)46-40(31)43/h15,17,20,22-27,32-33H,8-13,18-19,21H2,1-7H3,(H4,43,44,45,46). The summed E-state index contributed by atoms with van der Waals surface area (Å²) in [6.45, 7) is 10.5. The van der Waals surface area contributed by atoms with Crippen LogP contribution in [0.5, 0.6) is 11.5 Å². The minimum Gasteiger partial charge on any atom is -0.493 e. The first-order chi connectivity index (χ1) is 26.7. The molecule has 1 unspecified atom stereocenters. The second-order valence-electron chi connectivity index (χ2n) is 14.9. The van der Waals surface area contributed by atoms with Crippen molar-refractivity contribution < 1.29 is 26.9 Å². The van der Waals surface area contributed by atoms with Crippen molar-refractivity contribution in [3.8, 4) is 23.3 Å². The van der Waals surface area contributed by atoms with Gasteiger partial charge >= 0.3 is 16.1 Å². The fourth-order valence-electron chi connectivity index (χ4n) is 7.56. The molecule has 1 atom stereocenters. The SMILES string of the molecule is CCC(CCN(C(C)C)C(C)C)S(=O)(=O)OC(=O)c1cn(C2CCCCC2)c2cc(C#Cc3cc(Cc4cnc(N)nc4N)cc(OC)c3OC)ccc2c1=O. The fourth-order valence-corrected chi connectivity index (χ4v) is 8.80. The number of aromatic nitrogens is 3. The van der Waals surface area contributed by atoms with E-state index >= 15 is 0 Å². The molecule has 1 aliphatic rings. The topological polar surface area (TPSA) is 182 Å². The Morgan fingerprint density at radius 3 is 2.36 bits per heavy atom. The van der Waals surface area contributed by atoms with Gasteiger partial charge in [0.1, 0.15) is 11.4 Å². The maximum atomic E-state index is 14.0. The molecule has 1 fully saturated rings. The summed E-state index contributed by atoms with van der Waals surface area (Å²) in [5, 5.41) is -0.633. The van der Waals surface area contributed by atoms with Crippen molar-refractivity contribution in [1.29, 1.82) is 0 Å². The summed E-state index contributed by atoms with van der Waals surface area (Å²) in [6, 6.07) is 9.31. The zero-order valence-electron chi connectivity index (χ0n) is 33.4. The monoisotopic (exact) mass is 786 g/mol. The van der Waals surface area contributed by atoms with Gasteiger partial charge < -0.3 is 29.7 Å². The number of carbonyl (C=O) groups excluding carboxylic acids is 1. The lowest BCUT2D eigenvalue weighted by Crippen LogP contribution is -2.40. The van der Waals surface area contributed by atoms with Gasteiger partial charge in [-0.3, -0.25) is 9.69 Å². The highest BCUT2D eigenvalue weighted by Gasteiger charge is 2.32. The second-order valence-corrected chi connectivity index (χ2v) is 16.7. The van der Waals surface area contributed by atoms with Crippen molar-refractivity contribution >= 4 is 38.8 Å². The van der Waals surface area contributed by atoms with Crippen LogP contribution in [0.4, 0.5) is 11.8 Å². The zero-order valence-corrected chi connectivity index (χ0v) is 34.2. The van der Waals surface area contributed by atoms with Gasteiger partial charge in [-0.1, -0.05) is 38.0 Å². The summed E-state index contributed by atoms with van der Waals surface area (Å²) < 4.78 is 45.5. The summed E-state index contributed by atoms with van der Waals surface area (Å²) in [5.41, 5.74) is 14.2. The summed E-state index contributed by atoms with van der Waals surface area (Å²) in [6.07, 6.45) is 8.76. The Bertz CT molecular complexity index is 2280. The average Bonchev–Trinajstić information content (AvgIpc) is 3.16. The molecule has 0 aliphatic heterocycles. The van der Waals surface area contributed by atoms with Gasteiger partial charge in [-0.05, 0) is 89.3 Å². The highest BCUT2D eigenvalue weighted by Crippen LogP contribution is 2.34. The van der Waals surface area contributed by atoms with Crippen LogP contribution in [0.2, 0.25) is 0 Å². The number of pyridine rings is 1. The van der Waals surface area contributed by atoms with E-state index in [0.717, 1.165) is 37.7 Å². The summed E-state index contributed by atoms with van der Waals surface area (Å²) in [4.78, 5) is 38.0. The van der Waals surface area contributed by atoms with Gasteiger partial charge in [0.25, 0.3) is 0 Å². The van der Waals surface area contributed by atoms with Crippen molar-refractivity contribution in [2.75, 3.05) is 32.2 Å². The molecule has 14 heteroatoms. The van der Waals surface area contributed by atoms with Crippen LogP contribution in [0.3, 0.4) is 0 Å². The Morgan fingerprint density at radius 1 is 1.02 bits per heavy atom. The zero-order chi connectivity index (χ0) is 40.7. The number of nitrogens with zero attached hydrogens (tertiary/aromatic N) is 4. The normalized spacial score (nSPS) is 14.2. The van der Waals surface area contributed by atoms with Crippen LogP contribution >= 0.6 is 0 Å². The molecule has 1 saturated carbocycles. The number of hydrogen-bond donors (Lipinski definition) is 2. The van der Waals surface area contributed by atoms with Crippen LogP contribution in [-0.2, 0) is 20.7 Å². The van der Waals surface area contributed by atoms with E-state index in [1.807, 2.05) is 22.8 Å². The van der Waals surface area contributed by atoms with Gasteiger partial charge in [0.15, 0.2) is 11.5 Å². The molecule has 13 nitrogen and oxygen atoms in total. The number of rotatable bonds is 14. The highest BCUT2D eigenvalue weighted by atomic mass is 32.2. The Kier molecular flexibility index (Phi) is 13.7. The fraction of sp³-hybridized carbons (Fsp3) is 0.476. The molecule has 0 spiro atoms. The highest BCUT2D eigenvalue weighted by molar-refractivity contribution is 7.87. The van der Waals surface area contributed by atoms with Crippen LogP contribution < -0.4 is 26.4 Å². The number of nitrogen functional groups attached to an aromatic ring is 2. The van der Waals surface area contributed by atoms with Crippen LogP contribution in [0.25, 0.3) is 10.9 Å². The van der Waals surface area contributed by atoms with E-state index in [4.69, 9.17) is 25.1 Å². The molecule has 2 aromatic heterocycles. The summed E-state index contributed by atoms with van der Waals surface area (Å²) in [7, 11) is -1.25. The van der Waals surface area contributed by atoms with Gasteiger partial charge in [-0.15, -0.1) is 0 Å². The molecule has 5 rings (SSSR count). The molecule has 1 aliphatic carbocycles. The number of anilines is 2. The quantitative estimate of drug-likeness (QED) is 0.109. The lowest BCUT2D eigenvalue weighted by Gasteiger charge is -2.31. The minimum atomic E-state index is -4.33. The van der Waals surface area contributed by atoms with Crippen LogP contribution in [0.1, 0.15) is 118 Å². The third-order valence-electron chi connectivity index (χ3n) is 10.5. The number of benzene rings is 2. The molecule has 300 valence electrons. The van der Waals surface area contributed by atoms with Crippen LogP contribution in [0, 0.1) is 11.8 Å². The Balaban J connectivity index is 1.51. The summed E-state index contributed by atoms with van der Waals surface area (Å²) >= 11 is 0. The third kappa shape index (κ3) is 9.62. The number of carbonyl (C=O) groups is 1. The molecule has 56 heavy (non-hydrogen) atoms. The number of nitrogens with two attached hydrogens (primary N) is 2. The number of fused-ring (bicyclic) bond motifs is 1. The lowest BCUT2D eigenvalue weighted by atomic mass is 9.94. The first kappa shape index (κ1) is 42.0. The Labute approximate surface area is 329 Å². The molecule has 0 amide bonds. The van der Waals surface area contributed by atoms with Crippen molar-refractivity contribution in [1.82, 2.24) is 19.4 Å². The van der Waals surface area contributed by atoms with E-state index in [-0.39, 0.29) is 47.3 Å². The second kappa shape index (κ2) is 18.2. The predicted octanol–water partition coefficient (Wildman–Crippen LogP) is 6.24. The van der Waals surface area contributed by atoms with Gasteiger partial charge in [0.05, 0.1) is 30.5 Å². The van der Waals surface area contributed by atoms with Gasteiger partial charge in [0, 0.05) is 60.0 Å². The average molecular weight is 787 g/mol. The third-order valence-corrected chi connectivity index (χ3v) is 12.3. The van der Waals surface area contributed by atoms with E-state index in [9.17, 15) is 18.0 Å². The van der Waals surface area contributed by atoms with E-state index < -0.39 is 26.8 Å². The first-order valence-electron chi connectivity index (χ1n) is 19.2. The smallest absolute Gasteiger partial charge is 0.359 e. The number of hydrogen-bond acceptors (Lipinski definition) is 12. The molecule has 2 aromatic carbocycles. The maximum Gasteiger partial charge on any atom is 0.359 e. The van der Waals surface area contributed by atoms with Gasteiger partial charge in [-0.25, -0.2) is 9.78 Å². The molecule has 0 radical (unpaired) electrons. The van der Waals surface area contributed by atoms with Crippen LogP contribution in [-0.4, -0.2) is 71.9 Å². The van der Waals surface area contributed by atoms with E-state index in [2.05, 4.69) is 54.4 Å². The maximum absolute atomic E-state index is 14.0. The van der Waals surface area contributed by atoms with Gasteiger partial charge in [-0.2, -0.15) is 13.4 Å². The van der Waals surface area contributed by atoms with Crippen molar-refractivity contribution in [3.05, 3.63) is 80.8 Å². The number of methoxy groups -OCH3 is 2. The molecular formula is C42H54N6O7S. The summed E-state index contributed by atoms with van der Waals surface area (Å²) in [5.74, 6) is 6.56. The molecule has 4 aromatic rings. The predicted molar refractivity (Wildman–Crippen MR) is 220 cm³/mol. The molecule has 4 N–H and O–H groups in total. The van der Waals surface area contributed by atoms with Crippen LogP contribution in [0.15, 0.2) is 47.5 Å². The molecule has 2 heterocycles.